The number of H-pyrrole nitrogens is 1. The summed E-state index contributed by atoms with van der Waals surface area (Å²) in [7, 11) is 1.59. The van der Waals surface area contributed by atoms with Crippen molar-refractivity contribution >= 4 is 17.4 Å². The highest BCUT2D eigenvalue weighted by Crippen LogP contribution is 2.32. The molecule has 1 heterocycles. The lowest BCUT2D eigenvalue weighted by molar-refractivity contribution is 0.0963. The SMILES string of the molecule is COc1ccc(C2CC(=O)c3cc(C(=O)Nc4ccc(O)cc4)c(=O)[nH]c3C2)cc1. The third-order valence-corrected chi connectivity index (χ3v) is 5.26. The normalized spacial score (nSPS) is 15.4. The number of fused-ring (bicyclic) bond motifs is 1. The number of nitrogens with one attached hydrogen (secondary N) is 2. The first-order chi connectivity index (χ1) is 14.4. The van der Waals surface area contributed by atoms with Gasteiger partial charge in [-0.3, -0.25) is 14.4 Å². The Balaban J connectivity index is 1.59. The first kappa shape index (κ1) is 19.4. The zero-order valence-corrected chi connectivity index (χ0v) is 16.3. The van der Waals surface area contributed by atoms with Crippen LogP contribution in [0.15, 0.2) is 59.4 Å². The lowest BCUT2D eigenvalue weighted by Crippen LogP contribution is -2.29. The van der Waals surface area contributed by atoms with Crippen LogP contribution < -0.4 is 15.6 Å². The maximum Gasteiger partial charge on any atom is 0.261 e. The largest absolute Gasteiger partial charge is 0.508 e. The number of phenols is 1. The van der Waals surface area contributed by atoms with E-state index in [1.54, 1.807) is 7.11 Å². The van der Waals surface area contributed by atoms with Gasteiger partial charge in [-0.1, -0.05) is 12.1 Å². The molecule has 1 atom stereocenters. The molecule has 0 fully saturated rings. The van der Waals surface area contributed by atoms with E-state index in [0.717, 1.165) is 11.3 Å². The van der Waals surface area contributed by atoms with E-state index < -0.39 is 11.5 Å². The van der Waals surface area contributed by atoms with Gasteiger partial charge in [0.05, 0.1) is 7.11 Å². The van der Waals surface area contributed by atoms with Crippen molar-refractivity contribution < 1.29 is 19.4 Å². The Labute approximate surface area is 172 Å². The maximum atomic E-state index is 12.8. The number of pyridine rings is 1. The summed E-state index contributed by atoms with van der Waals surface area (Å²) < 4.78 is 5.17. The fourth-order valence-corrected chi connectivity index (χ4v) is 3.65. The Morgan fingerprint density at radius 1 is 1.07 bits per heavy atom. The Morgan fingerprint density at radius 2 is 1.77 bits per heavy atom. The number of amides is 1. The molecule has 1 aromatic heterocycles. The molecule has 2 aromatic carbocycles. The van der Waals surface area contributed by atoms with Gasteiger partial charge in [0.2, 0.25) is 0 Å². The zero-order chi connectivity index (χ0) is 21.3. The summed E-state index contributed by atoms with van der Waals surface area (Å²) in [4.78, 5) is 40.6. The molecule has 4 rings (SSSR count). The number of methoxy groups -OCH3 is 1. The number of aromatic nitrogens is 1. The van der Waals surface area contributed by atoms with Crippen molar-refractivity contribution in [3.8, 4) is 11.5 Å². The molecule has 152 valence electrons. The number of aromatic amines is 1. The summed E-state index contributed by atoms with van der Waals surface area (Å²) in [6.45, 7) is 0. The second-order valence-electron chi connectivity index (χ2n) is 7.21. The number of benzene rings is 2. The zero-order valence-electron chi connectivity index (χ0n) is 16.3. The molecule has 0 saturated carbocycles. The highest BCUT2D eigenvalue weighted by atomic mass is 16.5. The smallest absolute Gasteiger partial charge is 0.261 e. The van der Waals surface area contributed by atoms with E-state index >= 15 is 0 Å². The average Bonchev–Trinajstić information content (AvgIpc) is 2.74. The molecule has 0 aliphatic heterocycles. The topological polar surface area (TPSA) is 108 Å². The van der Waals surface area contributed by atoms with Gasteiger partial charge in [-0.25, -0.2) is 0 Å². The third kappa shape index (κ3) is 3.82. The van der Waals surface area contributed by atoms with Crippen LogP contribution in [0.1, 0.15) is 44.3 Å². The van der Waals surface area contributed by atoms with Crippen molar-refractivity contribution in [1.82, 2.24) is 4.98 Å². The molecule has 1 amide bonds. The average molecular weight is 404 g/mol. The van der Waals surface area contributed by atoms with E-state index in [0.29, 0.717) is 29.8 Å². The van der Waals surface area contributed by atoms with Gasteiger partial charge in [0.25, 0.3) is 11.5 Å². The van der Waals surface area contributed by atoms with Crippen LogP contribution in [0.25, 0.3) is 0 Å². The Kier molecular flexibility index (Phi) is 5.10. The van der Waals surface area contributed by atoms with Gasteiger partial charge in [0, 0.05) is 23.4 Å². The van der Waals surface area contributed by atoms with Crippen LogP contribution in [0.5, 0.6) is 11.5 Å². The van der Waals surface area contributed by atoms with E-state index in [4.69, 9.17) is 4.74 Å². The summed E-state index contributed by atoms with van der Waals surface area (Å²) in [5, 5.41) is 11.9. The number of ether oxygens (including phenoxy) is 1. The molecule has 1 aliphatic carbocycles. The number of phenolic OH excluding ortho intramolecular Hbond substituents is 1. The van der Waals surface area contributed by atoms with Gasteiger partial charge >= 0.3 is 0 Å². The number of hydrogen-bond acceptors (Lipinski definition) is 5. The van der Waals surface area contributed by atoms with Gasteiger partial charge in [0.15, 0.2) is 5.78 Å². The standard InChI is InChI=1S/C23H20N2O5/c1-30-17-8-2-13(3-9-17)14-10-20-18(21(27)11-14)12-19(23(29)25-20)22(28)24-15-4-6-16(26)7-5-15/h2-9,12,14,26H,10-11H2,1H3,(H,24,28)(H,25,29). The van der Waals surface area contributed by atoms with Crippen molar-refractivity contribution in [1.29, 1.82) is 0 Å². The lowest BCUT2D eigenvalue weighted by Gasteiger charge is -2.24. The van der Waals surface area contributed by atoms with Crippen molar-refractivity contribution in [3.63, 3.8) is 0 Å². The van der Waals surface area contributed by atoms with Crippen LogP contribution in [0.4, 0.5) is 5.69 Å². The fourth-order valence-electron chi connectivity index (χ4n) is 3.65. The third-order valence-electron chi connectivity index (χ3n) is 5.26. The molecule has 1 unspecified atom stereocenters. The molecule has 1 aliphatic rings. The summed E-state index contributed by atoms with van der Waals surface area (Å²) in [6.07, 6.45) is 0.799. The Morgan fingerprint density at radius 3 is 2.43 bits per heavy atom. The minimum Gasteiger partial charge on any atom is -0.508 e. The van der Waals surface area contributed by atoms with Crippen molar-refractivity contribution in [2.45, 2.75) is 18.8 Å². The monoisotopic (exact) mass is 404 g/mol. The Hall–Kier alpha value is -3.87. The second-order valence-corrected chi connectivity index (χ2v) is 7.21. The summed E-state index contributed by atoms with van der Waals surface area (Å²) in [5.41, 5.74) is 1.66. The van der Waals surface area contributed by atoms with Crippen LogP contribution in [-0.4, -0.2) is 28.9 Å². The highest BCUT2D eigenvalue weighted by Gasteiger charge is 2.29. The van der Waals surface area contributed by atoms with Gasteiger partial charge in [-0.15, -0.1) is 0 Å². The van der Waals surface area contributed by atoms with Gasteiger partial charge in [-0.05, 0) is 60.4 Å². The van der Waals surface area contributed by atoms with Gasteiger partial charge in [0.1, 0.15) is 17.1 Å². The van der Waals surface area contributed by atoms with Crippen LogP contribution >= 0.6 is 0 Å². The van der Waals surface area contributed by atoms with E-state index in [2.05, 4.69) is 10.3 Å². The minimum atomic E-state index is -0.616. The molecule has 3 N–H and O–H groups in total. The number of hydrogen-bond donors (Lipinski definition) is 3. The lowest BCUT2D eigenvalue weighted by atomic mass is 9.81. The molecule has 30 heavy (non-hydrogen) atoms. The molecular formula is C23H20N2O5. The molecule has 3 aromatic rings. The van der Waals surface area contributed by atoms with E-state index in [9.17, 15) is 19.5 Å². The molecule has 0 radical (unpaired) electrons. The number of aromatic hydroxyl groups is 1. The summed E-state index contributed by atoms with van der Waals surface area (Å²) in [5.74, 6) is 0.0145. The Bertz CT molecular complexity index is 1160. The summed E-state index contributed by atoms with van der Waals surface area (Å²) in [6, 6.07) is 14.8. The molecule has 0 bridgehead atoms. The first-order valence-corrected chi connectivity index (χ1v) is 9.48. The van der Waals surface area contributed by atoms with Crippen molar-refractivity contribution in [2.24, 2.45) is 0 Å². The van der Waals surface area contributed by atoms with Crippen molar-refractivity contribution in [3.05, 3.63) is 87.3 Å². The second kappa shape index (κ2) is 7.87. The van der Waals surface area contributed by atoms with E-state index in [1.807, 2.05) is 24.3 Å². The highest BCUT2D eigenvalue weighted by molar-refractivity contribution is 6.06. The number of Topliss-reactive ketones (excluding diaryl/α,β-unsaturated/α-hetero) is 1. The van der Waals surface area contributed by atoms with Crippen LogP contribution in [0, 0.1) is 0 Å². The molecule has 7 nitrogen and oxygen atoms in total. The predicted octanol–water partition coefficient (Wildman–Crippen LogP) is 3.25. The molecule has 7 heteroatoms. The minimum absolute atomic E-state index is 0.0526. The molecule has 0 spiro atoms. The summed E-state index contributed by atoms with van der Waals surface area (Å²) >= 11 is 0. The number of anilines is 1. The van der Waals surface area contributed by atoms with E-state index in [1.165, 1.54) is 30.3 Å². The van der Waals surface area contributed by atoms with Gasteiger partial charge in [-0.2, -0.15) is 0 Å². The molecule has 0 saturated heterocycles. The quantitative estimate of drug-likeness (QED) is 0.579. The molecular weight excluding hydrogens is 384 g/mol. The predicted molar refractivity (Wildman–Crippen MR) is 112 cm³/mol. The first-order valence-electron chi connectivity index (χ1n) is 9.48. The number of carbonyl (C=O) groups is 2. The van der Waals surface area contributed by atoms with E-state index in [-0.39, 0.29) is 23.0 Å². The number of carbonyl (C=O) groups excluding carboxylic acids is 2. The number of rotatable bonds is 4. The van der Waals surface area contributed by atoms with Crippen LogP contribution in [-0.2, 0) is 6.42 Å². The van der Waals surface area contributed by atoms with Gasteiger partial charge < -0.3 is 20.1 Å². The van der Waals surface area contributed by atoms with Crippen molar-refractivity contribution in [2.75, 3.05) is 12.4 Å². The fraction of sp³-hybridized carbons (Fsp3) is 0.174. The van der Waals surface area contributed by atoms with Crippen LogP contribution in [0.3, 0.4) is 0 Å². The van der Waals surface area contributed by atoms with Crippen LogP contribution in [0.2, 0.25) is 0 Å². The maximum absolute atomic E-state index is 12.8. The number of ketones is 1.